The molecule has 0 radical (unpaired) electrons. The topological polar surface area (TPSA) is 79.5 Å². The summed E-state index contributed by atoms with van der Waals surface area (Å²) in [5.41, 5.74) is 1.38. The van der Waals surface area contributed by atoms with Crippen LogP contribution in [-0.2, 0) is 0 Å². The third-order valence-corrected chi connectivity index (χ3v) is 3.44. The van der Waals surface area contributed by atoms with Gasteiger partial charge in [0.25, 0.3) is 5.91 Å². The molecule has 1 amide bonds. The van der Waals surface area contributed by atoms with Crippen LogP contribution in [0.3, 0.4) is 0 Å². The highest BCUT2D eigenvalue weighted by molar-refractivity contribution is 5.94. The third kappa shape index (κ3) is 4.89. The number of carbonyl (C=O) groups is 1. The molecular formula is C18H25N3O3. The van der Waals surface area contributed by atoms with Crippen LogP contribution in [-0.4, -0.2) is 45.8 Å². The molecule has 0 fully saturated rings. The van der Waals surface area contributed by atoms with Gasteiger partial charge in [-0.3, -0.25) is 4.79 Å². The van der Waals surface area contributed by atoms with E-state index in [1.54, 1.807) is 24.0 Å². The largest absolute Gasteiger partial charge is 0.421 e. The normalized spacial score (nSPS) is 11.5. The van der Waals surface area contributed by atoms with Crippen LogP contribution in [0.15, 0.2) is 28.7 Å². The lowest BCUT2D eigenvalue weighted by atomic mass is 9.95. The van der Waals surface area contributed by atoms with E-state index in [2.05, 4.69) is 31.0 Å². The maximum atomic E-state index is 12.8. The number of rotatable bonds is 6. The highest BCUT2D eigenvalue weighted by atomic mass is 16.4. The lowest BCUT2D eigenvalue weighted by Crippen LogP contribution is -2.38. The number of nitrogens with zero attached hydrogens (tertiary/aromatic N) is 3. The van der Waals surface area contributed by atoms with Crippen LogP contribution in [0.25, 0.3) is 11.5 Å². The molecule has 0 aliphatic carbocycles. The second-order valence-electron chi connectivity index (χ2n) is 7.07. The van der Waals surface area contributed by atoms with E-state index < -0.39 is 0 Å². The Kier molecular flexibility index (Phi) is 5.72. The SMILES string of the molecule is Cc1nnc(-c2ccc(C(=O)N(CCCO)CC(C)(C)C)cc2)o1. The van der Waals surface area contributed by atoms with Crippen molar-refractivity contribution in [2.75, 3.05) is 19.7 Å². The van der Waals surface area contributed by atoms with Gasteiger partial charge in [0.2, 0.25) is 11.8 Å². The standard InChI is InChI=1S/C18H25N3O3/c1-13-19-20-16(24-13)14-6-8-15(9-7-14)17(23)21(10-5-11-22)12-18(2,3)4/h6-9,22H,5,10-12H2,1-4H3. The van der Waals surface area contributed by atoms with E-state index in [1.165, 1.54) is 0 Å². The summed E-state index contributed by atoms with van der Waals surface area (Å²) in [6.07, 6.45) is 0.571. The highest BCUT2D eigenvalue weighted by Gasteiger charge is 2.22. The van der Waals surface area contributed by atoms with Gasteiger partial charge in [-0.25, -0.2) is 0 Å². The van der Waals surface area contributed by atoms with Crippen molar-refractivity contribution in [3.8, 4) is 11.5 Å². The Morgan fingerprint density at radius 3 is 2.38 bits per heavy atom. The summed E-state index contributed by atoms with van der Waals surface area (Å²) in [5.74, 6) is 0.912. The minimum Gasteiger partial charge on any atom is -0.421 e. The zero-order valence-electron chi connectivity index (χ0n) is 14.7. The average Bonchev–Trinajstić information content (AvgIpc) is 2.96. The number of amides is 1. The lowest BCUT2D eigenvalue weighted by molar-refractivity contribution is 0.0682. The van der Waals surface area contributed by atoms with Crippen LogP contribution in [0, 0.1) is 12.3 Å². The maximum absolute atomic E-state index is 12.8. The Morgan fingerprint density at radius 2 is 1.88 bits per heavy atom. The third-order valence-electron chi connectivity index (χ3n) is 3.44. The molecule has 1 heterocycles. The Morgan fingerprint density at radius 1 is 1.21 bits per heavy atom. The smallest absolute Gasteiger partial charge is 0.253 e. The predicted octanol–water partition coefficient (Wildman–Crippen LogP) is 2.92. The van der Waals surface area contributed by atoms with Crippen molar-refractivity contribution in [1.82, 2.24) is 15.1 Å². The van der Waals surface area contributed by atoms with E-state index in [-0.39, 0.29) is 17.9 Å². The quantitative estimate of drug-likeness (QED) is 0.880. The van der Waals surface area contributed by atoms with E-state index in [0.29, 0.717) is 36.9 Å². The fraction of sp³-hybridized carbons (Fsp3) is 0.500. The van der Waals surface area contributed by atoms with Crippen molar-refractivity contribution in [3.05, 3.63) is 35.7 Å². The number of aliphatic hydroxyl groups excluding tert-OH is 1. The first kappa shape index (κ1) is 18.1. The van der Waals surface area contributed by atoms with Crippen molar-refractivity contribution in [1.29, 1.82) is 0 Å². The minimum absolute atomic E-state index is 0.00760. The van der Waals surface area contributed by atoms with Crippen molar-refractivity contribution < 1.29 is 14.3 Å². The van der Waals surface area contributed by atoms with Gasteiger partial charge in [0.05, 0.1) is 0 Å². The second kappa shape index (κ2) is 7.57. The fourth-order valence-corrected chi connectivity index (χ4v) is 2.44. The van der Waals surface area contributed by atoms with Gasteiger partial charge in [-0.05, 0) is 36.1 Å². The first-order valence-corrected chi connectivity index (χ1v) is 8.11. The zero-order chi connectivity index (χ0) is 17.7. The molecule has 0 atom stereocenters. The first-order chi connectivity index (χ1) is 11.3. The van der Waals surface area contributed by atoms with E-state index in [1.807, 2.05) is 12.1 Å². The van der Waals surface area contributed by atoms with E-state index >= 15 is 0 Å². The number of aromatic nitrogens is 2. The van der Waals surface area contributed by atoms with Gasteiger partial charge in [0.15, 0.2) is 0 Å². The average molecular weight is 331 g/mol. The molecule has 0 aliphatic heterocycles. The van der Waals surface area contributed by atoms with Crippen LogP contribution in [0.2, 0.25) is 0 Å². The van der Waals surface area contributed by atoms with Gasteiger partial charge < -0.3 is 14.4 Å². The van der Waals surface area contributed by atoms with Crippen LogP contribution in [0.4, 0.5) is 0 Å². The van der Waals surface area contributed by atoms with Gasteiger partial charge in [0.1, 0.15) is 0 Å². The van der Waals surface area contributed by atoms with Crippen LogP contribution >= 0.6 is 0 Å². The van der Waals surface area contributed by atoms with Crippen molar-refractivity contribution in [2.45, 2.75) is 34.1 Å². The molecule has 0 spiro atoms. The van der Waals surface area contributed by atoms with E-state index in [9.17, 15) is 4.79 Å². The molecule has 2 aromatic rings. The van der Waals surface area contributed by atoms with Gasteiger partial charge in [0, 0.05) is 37.7 Å². The summed E-state index contributed by atoms with van der Waals surface area (Å²) in [6.45, 7) is 9.25. The molecule has 130 valence electrons. The van der Waals surface area contributed by atoms with Gasteiger partial charge in [-0.1, -0.05) is 20.8 Å². The summed E-state index contributed by atoms with van der Waals surface area (Å²) in [6, 6.07) is 7.15. The van der Waals surface area contributed by atoms with Crippen molar-refractivity contribution in [3.63, 3.8) is 0 Å². The van der Waals surface area contributed by atoms with Crippen molar-refractivity contribution in [2.24, 2.45) is 5.41 Å². The van der Waals surface area contributed by atoms with Gasteiger partial charge >= 0.3 is 0 Å². The minimum atomic E-state index is -0.0355. The number of benzene rings is 1. The molecule has 0 aliphatic rings. The Bertz CT molecular complexity index is 672. The molecule has 0 bridgehead atoms. The number of aliphatic hydroxyl groups is 1. The number of hydrogen-bond acceptors (Lipinski definition) is 5. The Hall–Kier alpha value is -2.21. The van der Waals surface area contributed by atoms with E-state index in [0.717, 1.165) is 5.56 Å². The Labute approximate surface area is 142 Å². The maximum Gasteiger partial charge on any atom is 0.253 e. The van der Waals surface area contributed by atoms with E-state index in [4.69, 9.17) is 9.52 Å². The Balaban J connectivity index is 2.16. The molecule has 0 unspecified atom stereocenters. The molecule has 6 nitrogen and oxygen atoms in total. The molecule has 24 heavy (non-hydrogen) atoms. The number of hydrogen-bond donors (Lipinski definition) is 1. The molecular weight excluding hydrogens is 306 g/mol. The lowest BCUT2D eigenvalue weighted by Gasteiger charge is -2.30. The number of carbonyl (C=O) groups excluding carboxylic acids is 1. The van der Waals surface area contributed by atoms with Crippen LogP contribution in [0.5, 0.6) is 0 Å². The summed E-state index contributed by atoms with van der Waals surface area (Å²) in [4.78, 5) is 14.6. The molecule has 1 N–H and O–H groups in total. The summed E-state index contributed by atoms with van der Waals surface area (Å²) >= 11 is 0. The fourth-order valence-electron chi connectivity index (χ4n) is 2.44. The summed E-state index contributed by atoms with van der Waals surface area (Å²) < 4.78 is 5.39. The van der Waals surface area contributed by atoms with Gasteiger partial charge in [-0.2, -0.15) is 0 Å². The zero-order valence-corrected chi connectivity index (χ0v) is 14.7. The monoisotopic (exact) mass is 331 g/mol. The molecule has 2 rings (SSSR count). The number of aryl methyl sites for hydroxylation is 1. The molecule has 1 aromatic carbocycles. The molecule has 0 saturated carbocycles. The van der Waals surface area contributed by atoms with Gasteiger partial charge in [-0.15, -0.1) is 10.2 Å². The van der Waals surface area contributed by atoms with Crippen molar-refractivity contribution >= 4 is 5.91 Å². The predicted molar refractivity (Wildman–Crippen MR) is 91.5 cm³/mol. The molecule has 6 heteroatoms. The second-order valence-corrected chi connectivity index (χ2v) is 7.07. The first-order valence-electron chi connectivity index (χ1n) is 8.11. The molecule has 0 saturated heterocycles. The highest BCUT2D eigenvalue weighted by Crippen LogP contribution is 2.21. The molecule has 1 aromatic heterocycles. The van der Waals surface area contributed by atoms with Crippen LogP contribution < -0.4 is 0 Å². The summed E-state index contributed by atoms with van der Waals surface area (Å²) in [7, 11) is 0. The summed E-state index contributed by atoms with van der Waals surface area (Å²) in [5, 5.41) is 16.9. The van der Waals surface area contributed by atoms with Crippen LogP contribution in [0.1, 0.15) is 43.4 Å².